The molecule has 20 heavy (non-hydrogen) atoms. The minimum Gasteiger partial charge on any atom is -0.348 e. The highest BCUT2D eigenvalue weighted by molar-refractivity contribution is 6.05. The maximum absolute atomic E-state index is 12.4. The number of rotatable bonds is 2. The van der Waals surface area contributed by atoms with Crippen LogP contribution in [-0.4, -0.2) is 35.2 Å². The molecule has 0 bridgehead atoms. The second kappa shape index (κ2) is 6.24. The number of H-pyrrole nitrogens is 1. The Bertz CT molecular complexity index is 604. The number of aryl methyl sites for hydroxylation is 1. The van der Waals surface area contributed by atoms with Gasteiger partial charge in [0.15, 0.2) is 0 Å². The average Bonchev–Trinajstić information content (AvgIpc) is 2.86. The molecule has 1 fully saturated rings. The lowest BCUT2D eigenvalue weighted by molar-refractivity contribution is 0.0932. The van der Waals surface area contributed by atoms with Crippen LogP contribution in [0.1, 0.15) is 28.8 Å². The Morgan fingerprint density at radius 2 is 2.30 bits per heavy atom. The lowest BCUT2D eigenvalue weighted by Gasteiger charge is -2.23. The van der Waals surface area contributed by atoms with E-state index in [0.29, 0.717) is 5.56 Å². The van der Waals surface area contributed by atoms with Crippen molar-refractivity contribution in [3.63, 3.8) is 0 Å². The summed E-state index contributed by atoms with van der Waals surface area (Å²) in [5.41, 5.74) is 2.56. The van der Waals surface area contributed by atoms with E-state index in [-0.39, 0.29) is 24.4 Å². The van der Waals surface area contributed by atoms with Gasteiger partial charge in [-0.2, -0.15) is 5.10 Å². The summed E-state index contributed by atoms with van der Waals surface area (Å²) in [5, 5.41) is 14.3. The Balaban J connectivity index is 0.00000147. The first kappa shape index (κ1) is 14.8. The highest BCUT2D eigenvalue weighted by atomic mass is 35.5. The predicted octanol–water partition coefficient (Wildman–Crippen LogP) is 1.77. The zero-order valence-electron chi connectivity index (χ0n) is 11.4. The van der Waals surface area contributed by atoms with Crippen LogP contribution >= 0.6 is 12.4 Å². The van der Waals surface area contributed by atoms with Crippen molar-refractivity contribution >= 4 is 29.2 Å². The zero-order chi connectivity index (χ0) is 13.2. The molecule has 2 heterocycles. The van der Waals surface area contributed by atoms with Gasteiger partial charge in [-0.25, -0.2) is 0 Å². The summed E-state index contributed by atoms with van der Waals surface area (Å²) >= 11 is 0. The van der Waals surface area contributed by atoms with Gasteiger partial charge in [0, 0.05) is 18.0 Å². The molecule has 1 aliphatic rings. The van der Waals surface area contributed by atoms with Crippen LogP contribution in [0.2, 0.25) is 0 Å². The van der Waals surface area contributed by atoms with E-state index in [1.165, 1.54) is 0 Å². The molecular weight excluding hydrogens is 276 g/mol. The minimum atomic E-state index is -0.0216. The highest BCUT2D eigenvalue weighted by Gasteiger charge is 2.18. The van der Waals surface area contributed by atoms with Crippen LogP contribution in [0, 0.1) is 6.92 Å². The predicted molar refractivity (Wildman–Crippen MR) is 81.4 cm³/mol. The van der Waals surface area contributed by atoms with Crippen LogP contribution in [-0.2, 0) is 0 Å². The molecule has 1 aliphatic heterocycles. The van der Waals surface area contributed by atoms with E-state index < -0.39 is 0 Å². The van der Waals surface area contributed by atoms with E-state index in [9.17, 15) is 4.79 Å². The Labute approximate surface area is 123 Å². The first-order chi connectivity index (χ1) is 9.24. The van der Waals surface area contributed by atoms with E-state index in [1.807, 2.05) is 19.1 Å². The maximum Gasteiger partial charge on any atom is 0.253 e. The van der Waals surface area contributed by atoms with E-state index in [4.69, 9.17) is 0 Å². The summed E-state index contributed by atoms with van der Waals surface area (Å²) < 4.78 is 0. The molecule has 1 saturated heterocycles. The van der Waals surface area contributed by atoms with Gasteiger partial charge in [0.25, 0.3) is 5.91 Å². The maximum atomic E-state index is 12.4. The normalized spacial score (nSPS) is 18.6. The number of nitrogens with one attached hydrogen (secondary N) is 3. The molecule has 3 rings (SSSR count). The fourth-order valence-corrected chi connectivity index (χ4v) is 2.62. The van der Waals surface area contributed by atoms with E-state index in [1.54, 1.807) is 6.20 Å². The fraction of sp³-hybridized carbons (Fsp3) is 0.429. The minimum absolute atomic E-state index is 0. The van der Waals surface area contributed by atoms with Crippen molar-refractivity contribution in [2.24, 2.45) is 0 Å². The summed E-state index contributed by atoms with van der Waals surface area (Å²) in [6, 6.07) is 4.16. The third-order valence-corrected chi connectivity index (χ3v) is 3.57. The number of aromatic nitrogens is 2. The third-order valence-electron chi connectivity index (χ3n) is 3.57. The van der Waals surface area contributed by atoms with Crippen molar-refractivity contribution in [2.75, 3.05) is 13.1 Å². The summed E-state index contributed by atoms with van der Waals surface area (Å²) in [6.45, 7) is 3.89. The van der Waals surface area contributed by atoms with Crippen molar-refractivity contribution in [1.29, 1.82) is 0 Å². The summed E-state index contributed by atoms with van der Waals surface area (Å²) in [5.74, 6) is -0.0216. The molecule has 1 amide bonds. The van der Waals surface area contributed by atoms with Gasteiger partial charge in [-0.3, -0.25) is 9.89 Å². The van der Waals surface area contributed by atoms with Crippen LogP contribution < -0.4 is 10.6 Å². The Morgan fingerprint density at radius 1 is 1.45 bits per heavy atom. The molecule has 0 aliphatic carbocycles. The molecule has 0 spiro atoms. The second-order valence-corrected chi connectivity index (χ2v) is 5.16. The number of halogens is 1. The number of hydrogen-bond donors (Lipinski definition) is 3. The largest absolute Gasteiger partial charge is 0.348 e. The quantitative estimate of drug-likeness (QED) is 0.791. The Kier molecular flexibility index (Phi) is 4.62. The zero-order valence-corrected chi connectivity index (χ0v) is 12.2. The Hall–Kier alpha value is -1.59. The monoisotopic (exact) mass is 294 g/mol. The number of fused-ring (bicyclic) bond motifs is 1. The van der Waals surface area contributed by atoms with Crippen molar-refractivity contribution in [3.8, 4) is 0 Å². The molecule has 108 valence electrons. The molecule has 2 aromatic rings. The van der Waals surface area contributed by atoms with Gasteiger partial charge in [-0.05, 0) is 44.0 Å². The second-order valence-electron chi connectivity index (χ2n) is 5.16. The Morgan fingerprint density at radius 3 is 3.05 bits per heavy atom. The van der Waals surface area contributed by atoms with Crippen LogP contribution in [0.5, 0.6) is 0 Å². The van der Waals surface area contributed by atoms with Gasteiger partial charge >= 0.3 is 0 Å². The number of hydrogen-bond acceptors (Lipinski definition) is 3. The number of benzene rings is 1. The number of nitrogens with zero attached hydrogens (tertiary/aromatic N) is 1. The van der Waals surface area contributed by atoms with Gasteiger partial charge in [-0.15, -0.1) is 12.4 Å². The van der Waals surface area contributed by atoms with Crippen LogP contribution in [0.25, 0.3) is 10.9 Å². The van der Waals surface area contributed by atoms with Crippen molar-refractivity contribution in [3.05, 3.63) is 29.5 Å². The lowest BCUT2D eigenvalue weighted by Crippen LogP contribution is -2.45. The SMILES string of the molecule is Cc1cc(C(=O)N[C@H]2CCCNC2)c2[nH]ncc2c1.Cl. The third kappa shape index (κ3) is 2.94. The number of amides is 1. The first-order valence-electron chi connectivity index (χ1n) is 6.69. The summed E-state index contributed by atoms with van der Waals surface area (Å²) in [6.07, 6.45) is 3.90. The summed E-state index contributed by atoms with van der Waals surface area (Å²) in [4.78, 5) is 12.4. The van der Waals surface area contributed by atoms with Gasteiger partial charge in [0.05, 0.1) is 17.3 Å². The van der Waals surface area contributed by atoms with Crippen LogP contribution in [0.4, 0.5) is 0 Å². The molecule has 0 radical (unpaired) electrons. The standard InChI is InChI=1S/C14H18N4O.ClH/c1-9-5-10-7-16-18-13(10)12(6-9)14(19)17-11-3-2-4-15-8-11;/h5-7,11,15H,2-4,8H2,1H3,(H,16,18)(H,17,19);1H/t11-;/m0./s1. The van der Waals surface area contributed by atoms with E-state index in [0.717, 1.165) is 42.4 Å². The number of aromatic amines is 1. The van der Waals surface area contributed by atoms with Crippen molar-refractivity contribution in [1.82, 2.24) is 20.8 Å². The summed E-state index contributed by atoms with van der Waals surface area (Å²) in [7, 11) is 0. The van der Waals surface area contributed by atoms with Crippen molar-refractivity contribution in [2.45, 2.75) is 25.8 Å². The van der Waals surface area contributed by atoms with Gasteiger partial charge in [-0.1, -0.05) is 0 Å². The average molecular weight is 295 g/mol. The lowest BCUT2D eigenvalue weighted by atomic mass is 10.0. The fourth-order valence-electron chi connectivity index (χ4n) is 2.62. The molecule has 1 aromatic carbocycles. The topological polar surface area (TPSA) is 69.8 Å². The van der Waals surface area contributed by atoms with Gasteiger partial charge < -0.3 is 10.6 Å². The van der Waals surface area contributed by atoms with E-state index in [2.05, 4.69) is 20.8 Å². The molecule has 5 nitrogen and oxygen atoms in total. The van der Waals surface area contributed by atoms with Gasteiger partial charge in [0.2, 0.25) is 0 Å². The molecule has 1 aromatic heterocycles. The first-order valence-corrected chi connectivity index (χ1v) is 6.69. The van der Waals surface area contributed by atoms with Gasteiger partial charge in [0.1, 0.15) is 0 Å². The van der Waals surface area contributed by atoms with E-state index >= 15 is 0 Å². The molecule has 3 N–H and O–H groups in total. The molecule has 0 saturated carbocycles. The smallest absolute Gasteiger partial charge is 0.253 e. The molecular formula is C14H19ClN4O. The van der Waals surface area contributed by atoms with Crippen LogP contribution in [0.3, 0.4) is 0 Å². The molecule has 6 heteroatoms. The molecule has 0 unspecified atom stereocenters. The van der Waals surface area contributed by atoms with Crippen molar-refractivity contribution < 1.29 is 4.79 Å². The van der Waals surface area contributed by atoms with Crippen LogP contribution in [0.15, 0.2) is 18.3 Å². The molecule has 1 atom stereocenters. The highest BCUT2D eigenvalue weighted by Crippen LogP contribution is 2.18. The number of piperidine rings is 1. The number of carbonyl (C=O) groups is 1. The number of carbonyl (C=O) groups excluding carboxylic acids is 1.